The lowest BCUT2D eigenvalue weighted by Crippen LogP contribution is -1.86. The van der Waals surface area contributed by atoms with E-state index in [1.165, 1.54) is 0 Å². The zero-order chi connectivity index (χ0) is 10.1. The van der Waals surface area contributed by atoms with Crippen LogP contribution in [0.2, 0.25) is 5.02 Å². The number of nitrogens with zero attached hydrogens (tertiary/aromatic N) is 1. The van der Waals surface area contributed by atoms with Gasteiger partial charge in [0.15, 0.2) is 11.6 Å². The molecule has 4 N–H and O–H groups in total. The van der Waals surface area contributed by atoms with E-state index in [1.807, 2.05) is 0 Å². The predicted molar refractivity (Wildman–Crippen MR) is 55.8 cm³/mol. The highest BCUT2D eigenvalue weighted by Gasteiger charge is 2.06. The number of anilines is 2. The summed E-state index contributed by atoms with van der Waals surface area (Å²) in [6.07, 6.45) is 0. The number of halogens is 1. The summed E-state index contributed by atoms with van der Waals surface area (Å²) >= 11 is 5.78. The summed E-state index contributed by atoms with van der Waals surface area (Å²) in [5.41, 5.74) is 12.4. The fourth-order valence-electron chi connectivity index (χ4n) is 1.12. The van der Waals surface area contributed by atoms with E-state index < -0.39 is 0 Å². The molecule has 0 atom stereocenters. The maximum Gasteiger partial charge on any atom is 0.169 e. The third kappa shape index (κ3) is 1.52. The SMILES string of the molecule is Nc1cc(-c2ccc(Cl)c(N)c2)on1. The van der Waals surface area contributed by atoms with Crippen LogP contribution >= 0.6 is 11.6 Å². The molecule has 0 unspecified atom stereocenters. The molecule has 72 valence electrons. The molecule has 1 aromatic carbocycles. The van der Waals surface area contributed by atoms with Crippen LogP contribution in [0, 0.1) is 0 Å². The van der Waals surface area contributed by atoms with Crippen molar-refractivity contribution in [3.63, 3.8) is 0 Å². The van der Waals surface area contributed by atoms with Crippen molar-refractivity contribution in [1.82, 2.24) is 5.16 Å². The van der Waals surface area contributed by atoms with Gasteiger partial charge in [-0.25, -0.2) is 0 Å². The van der Waals surface area contributed by atoms with Crippen molar-refractivity contribution in [1.29, 1.82) is 0 Å². The lowest BCUT2D eigenvalue weighted by Gasteiger charge is -1.99. The molecular weight excluding hydrogens is 202 g/mol. The van der Waals surface area contributed by atoms with Gasteiger partial charge in [-0.15, -0.1) is 0 Å². The van der Waals surface area contributed by atoms with Crippen LogP contribution in [0.5, 0.6) is 0 Å². The van der Waals surface area contributed by atoms with E-state index in [9.17, 15) is 0 Å². The van der Waals surface area contributed by atoms with Gasteiger partial charge >= 0.3 is 0 Å². The topological polar surface area (TPSA) is 78.1 Å². The second-order valence-corrected chi connectivity index (χ2v) is 3.26. The van der Waals surface area contributed by atoms with Crippen LogP contribution in [0.1, 0.15) is 0 Å². The molecule has 2 aromatic rings. The van der Waals surface area contributed by atoms with E-state index in [-0.39, 0.29) is 0 Å². The molecule has 14 heavy (non-hydrogen) atoms. The Bertz CT molecular complexity index is 467. The molecule has 0 spiro atoms. The van der Waals surface area contributed by atoms with Gasteiger partial charge in [0.2, 0.25) is 0 Å². The lowest BCUT2D eigenvalue weighted by molar-refractivity contribution is 0.436. The van der Waals surface area contributed by atoms with E-state index in [2.05, 4.69) is 5.16 Å². The van der Waals surface area contributed by atoms with Crippen molar-refractivity contribution in [2.24, 2.45) is 0 Å². The van der Waals surface area contributed by atoms with Crippen molar-refractivity contribution in [2.45, 2.75) is 0 Å². The Morgan fingerprint density at radius 1 is 1.21 bits per heavy atom. The number of nitrogen functional groups attached to an aromatic ring is 2. The molecule has 0 saturated heterocycles. The van der Waals surface area contributed by atoms with Crippen molar-refractivity contribution in [3.05, 3.63) is 29.3 Å². The van der Waals surface area contributed by atoms with Crippen LogP contribution in [0.4, 0.5) is 11.5 Å². The van der Waals surface area contributed by atoms with Crippen LogP contribution in [-0.4, -0.2) is 5.16 Å². The third-order valence-corrected chi connectivity index (χ3v) is 2.15. The van der Waals surface area contributed by atoms with Gasteiger partial charge in [0.05, 0.1) is 10.7 Å². The first-order chi connectivity index (χ1) is 6.66. The molecule has 1 aromatic heterocycles. The Morgan fingerprint density at radius 2 is 2.00 bits per heavy atom. The van der Waals surface area contributed by atoms with E-state index in [4.69, 9.17) is 27.6 Å². The van der Waals surface area contributed by atoms with Crippen LogP contribution < -0.4 is 11.5 Å². The monoisotopic (exact) mass is 209 g/mol. The second-order valence-electron chi connectivity index (χ2n) is 2.85. The van der Waals surface area contributed by atoms with Gasteiger partial charge in [-0.2, -0.15) is 0 Å². The molecule has 4 nitrogen and oxygen atoms in total. The van der Waals surface area contributed by atoms with E-state index >= 15 is 0 Å². The number of hydrogen-bond donors (Lipinski definition) is 2. The van der Waals surface area contributed by atoms with Crippen LogP contribution in [0.15, 0.2) is 28.8 Å². The van der Waals surface area contributed by atoms with Crippen LogP contribution in [-0.2, 0) is 0 Å². The Morgan fingerprint density at radius 3 is 2.57 bits per heavy atom. The highest BCUT2D eigenvalue weighted by Crippen LogP contribution is 2.27. The molecule has 0 amide bonds. The molecular formula is C9H8ClN3O. The van der Waals surface area contributed by atoms with Gasteiger partial charge in [-0.05, 0) is 18.2 Å². The number of rotatable bonds is 1. The summed E-state index contributed by atoms with van der Waals surface area (Å²) in [5.74, 6) is 0.916. The fraction of sp³-hybridized carbons (Fsp3) is 0. The minimum Gasteiger partial charge on any atom is -0.398 e. The average molecular weight is 210 g/mol. The van der Waals surface area contributed by atoms with E-state index in [0.29, 0.717) is 22.3 Å². The summed E-state index contributed by atoms with van der Waals surface area (Å²) < 4.78 is 4.97. The summed E-state index contributed by atoms with van der Waals surface area (Å²) in [7, 11) is 0. The molecule has 0 bridgehead atoms. The zero-order valence-electron chi connectivity index (χ0n) is 7.20. The van der Waals surface area contributed by atoms with Gasteiger partial charge in [0.1, 0.15) is 0 Å². The molecule has 2 rings (SSSR count). The molecule has 1 heterocycles. The van der Waals surface area contributed by atoms with Crippen molar-refractivity contribution >= 4 is 23.1 Å². The van der Waals surface area contributed by atoms with Crippen molar-refractivity contribution in [2.75, 3.05) is 11.5 Å². The minimum absolute atomic E-state index is 0.341. The molecule has 0 radical (unpaired) electrons. The second kappa shape index (κ2) is 3.23. The molecule has 0 fully saturated rings. The zero-order valence-corrected chi connectivity index (χ0v) is 7.95. The fourth-order valence-corrected chi connectivity index (χ4v) is 1.24. The van der Waals surface area contributed by atoms with Gasteiger partial charge in [-0.1, -0.05) is 16.8 Å². The summed E-state index contributed by atoms with van der Waals surface area (Å²) in [6, 6.07) is 6.83. The largest absolute Gasteiger partial charge is 0.398 e. The lowest BCUT2D eigenvalue weighted by atomic mass is 10.1. The normalized spacial score (nSPS) is 10.4. The maximum absolute atomic E-state index is 5.78. The number of hydrogen-bond acceptors (Lipinski definition) is 4. The molecule has 0 aliphatic carbocycles. The van der Waals surface area contributed by atoms with Crippen molar-refractivity contribution in [3.8, 4) is 11.3 Å². The average Bonchev–Trinajstić information content (AvgIpc) is 2.57. The Labute approximate surface area is 85.4 Å². The predicted octanol–water partition coefficient (Wildman–Crippen LogP) is 2.16. The molecule has 0 aliphatic rings. The summed E-state index contributed by atoms with van der Waals surface area (Å²) in [6.45, 7) is 0. The third-order valence-electron chi connectivity index (χ3n) is 1.81. The highest BCUT2D eigenvalue weighted by atomic mass is 35.5. The Hall–Kier alpha value is -1.68. The standard InChI is InChI=1S/C9H8ClN3O/c10-6-2-1-5(3-7(6)11)8-4-9(12)13-14-8/h1-4H,11H2,(H2,12,13). The van der Waals surface area contributed by atoms with E-state index in [1.54, 1.807) is 24.3 Å². The van der Waals surface area contributed by atoms with Gasteiger partial charge < -0.3 is 16.0 Å². The Balaban J connectivity index is 2.47. The summed E-state index contributed by atoms with van der Waals surface area (Å²) in [4.78, 5) is 0. The van der Waals surface area contributed by atoms with Gasteiger partial charge in [0.25, 0.3) is 0 Å². The van der Waals surface area contributed by atoms with E-state index in [0.717, 1.165) is 5.56 Å². The molecule has 0 saturated carbocycles. The first kappa shape index (κ1) is 8.90. The first-order valence-electron chi connectivity index (χ1n) is 3.94. The molecule has 5 heteroatoms. The number of aromatic nitrogens is 1. The van der Waals surface area contributed by atoms with Crippen molar-refractivity contribution < 1.29 is 4.52 Å². The highest BCUT2D eigenvalue weighted by molar-refractivity contribution is 6.33. The number of benzene rings is 1. The van der Waals surface area contributed by atoms with Gasteiger partial charge in [0, 0.05) is 11.6 Å². The van der Waals surface area contributed by atoms with Crippen LogP contribution in [0.25, 0.3) is 11.3 Å². The molecule has 0 aliphatic heterocycles. The maximum atomic E-state index is 5.78. The number of nitrogens with two attached hydrogens (primary N) is 2. The quantitative estimate of drug-likeness (QED) is 0.706. The van der Waals surface area contributed by atoms with Crippen LogP contribution in [0.3, 0.4) is 0 Å². The smallest absolute Gasteiger partial charge is 0.169 e. The summed E-state index contributed by atoms with van der Waals surface area (Å²) in [5, 5.41) is 4.09. The Kier molecular flexibility index (Phi) is 2.05. The van der Waals surface area contributed by atoms with Gasteiger partial charge in [-0.3, -0.25) is 0 Å². The first-order valence-corrected chi connectivity index (χ1v) is 4.32. The minimum atomic E-state index is 0.341.